The number of allylic oxidation sites excluding steroid dienone is 3. The van der Waals surface area contributed by atoms with Crippen LogP contribution in [0.1, 0.15) is 39.5 Å². The number of aromatic nitrogens is 1. The summed E-state index contributed by atoms with van der Waals surface area (Å²) < 4.78 is 0. The molecule has 2 rings (SSSR count). The van der Waals surface area contributed by atoms with E-state index in [1.807, 2.05) is 38.1 Å². The van der Waals surface area contributed by atoms with Gasteiger partial charge >= 0.3 is 0 Å². The summed E-state index contributed by atoms with van der Waals surface area (Å²) in [6.07, 6.45) is 12.7. The molecule has 28 heavy (non-hydrogen) atoms. The maximum atomic E-state index is 12.7. The maximum Gasteiger partial charge on any atom is 0.228 e. The second kappa shape index (κ2) is 10.1. The van der Waals surface area contributed by atoms with Gasteiger partial charge in [-0.2, -0.15) is 0 Å². The van der Waals surface area contributed by atoms with E-state index in [0.717, 1.165) is 47.3 Å². The van der Waals surface area contributed by atoms with Crippen molar-refractivity contribution < 1.29 is 4.79 Å². The van der Waals surface area contributed by atoms with Gasteiger partial charge in [0.25, 0.3) is 0 Å². The van der Waals surface area contributed by atoms with E-state index >= 15 is 0 Å². The molecule has 0 bridgehead atoms. The Bertz CT molecular complexity index is 874. The molecule has 1 saturated carbocycles. The highest BCUT2D eigenvalue weighted by Crippen LogP contribution is 2.27. The summed E-state index contributed by atoms with van der Waals surface area (Å²) >= 11 is 0. The molecule has 2 N–H and O–H groups in total. The van der Waals surface area contributed by atoms with Crippen molar-refractivity contribution in [1.29, 1.82) is 5.41 Å². The van der Waals surface area contributed by atoms with Crippen LogP contribution in [0.3, 0.4) is 0 Å². The summed E-state index contributed by atoms with van der Waals surface area (Å²) in [5.74, 6) is 0.656. The van der Waals surface area contributed by atoms with Crippen LogP contribution in [-0.2, 0) is 4.79 Å². The fourth-order valence-corrected chi connectivity index (χ4v) is 3.63. The van der Waals surface area contributed by atoms with Gasteiger partial charge < -0.3 is 15.6 Å². The van der Waals surface area contributed by atoms with Gasteiger partial charge in [0, 0.05) is 24.4 Å². The first-order valence-corrected chi connectivity index (χ1v) is 9.87. The maximum absolute atomic E-state index is 12.7. The van der Waals surface area contributed by atoms with Gasteiger partial charge in [0.15, 0.2) is 0 Å². The van der Waals surface area contributed by atoms with Gasteiger partial charge in [-0.3, -0.25) is 4.79 Å². The average molecular weight is 381 g/mol. The fraction of sp³-hybridized carbons (Fsp3) is 0.435. The van der Waals surface area contributed by atoms with Crippen molar-refractivity contribution in [2.75, 3.05) is 19.4 Å². The van der Waals surface area contributed by atoms with Crippen LogP contribution in [0.2, 0.25) is 0 Å². The van der Waals surface area contributed by atoms with Crippen LogP contribution in [-0.4, -0.2) is 42.1 Å². The highest BCUT2D eigenvalue weighted by atomic mass is 16.1. The summed E-state index contributed by atoms with van der Waals surface area (Å²) in [7, 11) is 4.20. The van der Waals surface area contributed by atoms with Gasteiger partial charge in [-0.1, -0.05) is 18.7 Å². The van der Waals surface area contributed by atoms with Crippen molar-refractivity contribution in [2.24, 2.45) is 5.92 Å². The zero-order valence-corrected chi connectivity index (χ0v) is 17.5. The Balaban J connectivity index is 2.18. The first-order valence-electron chi connectivity index (χ1n) is 9.87. The Labute approximate surface area is 168 Å². The van der Waals surface area contributed by atoms with Crippen LogP contribution in [0, 0.1) is 11.3 Å². The number of nitrogens with one attached hydrogen (secondary N) is 2. The van der Waals surface area contributed by atoms with Crippen molar-refractivity contribution in [1.82, 2.24) is 9.88 Å². The van der Waals surface area contributed by atoms with Crippen molar-refractivity contribution >= 4 is 30.1 Å². The molecule has 0 aromatic carbocycles. The van der Waals surface area contributed by atoms with E-state index in [1.165, 1.54) is 6.21 Å². The molecular formula is C23H32N4O. The SMILES string of the molecule is C=C(/C=c1/cc(NC(=O)C2CCC(N(C)C)CC2)nc/c1=C/C)/C(C=N)=C/C. The zero-order valence-electron chi connectivity index (χ0n) is 17.5. The number of anilines is 1. The quantitative estimate of drug-likeness (QED) is 0.589. The van der Waals surface area contributed by atoms with E-state index in [2.05, 4.69) is 35.9 Å². The number of pyridine rings is 1. The molecule has 0 aliphatic heterocycles. The molecule has 5 heteroatoms. The smallest absolute Gasteiger partial charge is 0.228 e. The lowest BCUT2D eigenvalue weighted by atomic mass is 9.85. The van der Waals surface area contributed by atoms with Gasteiger partial charge in [-0.05, 0) is 87.4 Å². The number of nitrogens with zero attached hydrogens (tertiary/aromatic N) is 2. The molecule has 0 spiro atoms. The summed E-state index contributed by atoms with van der Waals surface area (Å²) in [6.45, 7) is 7.89. The number of hydrogen-bond donors (Lipinski definition) is 2. The Hall–Kier alpha value is -2.53. The van der Waals surface area contributed by atoms with E-state index in [1.54, 1.807) is 6.20 Å². The lowest BCUT2D eigenvalue weighted by Crippen LogP contribution is -2.36. The Morgan fingerprint density at radius 1 is 1.25 bits per heavy atom. The number of carbonyl (C=O) groups excluding carboxylic acids is 1. The van der Waals surface area contributed by atoms with Crippen LogP contribution in [0.5, 0.6) is 0 Å². The number of rotatable bonds is 6. The summed E-state index contributed by atoms with van der Waals surface area (Å²) in [4.78, 5) is 19.3. The molecule has 0 unspecified atom stereocenters. The predicted octanol–water partition coefficient (Wildman–Crippen LogP) is 2.87. The Morgan fingerprint density at radius 3 is 2.46 bits per heavy atom. The summed E-state index contributed by atoms with van der Waals surface area (Å²) in [6, 6.07) is 2.45. The molecule has 0 saturated heterocycles. The minimum Gasteiger partial charge on any atom is -0.310 e. The molecule has 1 heterocycles. The van der Waals surface area contributed by atoms with E-state index in [9.17, 15) is 4.79 Å². The average Bonchev–Trinajstić information content (AvgIpc) is 2.69. The monoisotopic (exact) mass is 380 g/mol. The van der Waals surface area contributed by atoms with Crippen LogP contribution >= 0.6 is 0 Å². The minimum absolute atomic E-state index is 0.0466. The molecule has 1 aromatic rings. The molecule has 0 atom stereocenters. The molecule has 5 nitrogen and oxygen atoms in total. The van der Waals surface area contributed by atoms with E-state index in [-0.39, 0.29) is 11.8 Å². The third-order valence-electron chi connectivity index (χ3n) is 5.50. The second-order valence-corrected chi connectivity index (χ2v) is 7.50. The van der Waals surface area contributed by atoms with Crippen LogP contribution < -0.4 is 15.8 Å². The predicted molar refractivity (Wildman–Crippen MR) is 118 cm³/mol. The summed E-state index contributed by atoms with van der Waals surface area (Å²) in [5.41, 5.74) is 1.52. The van der Waals surface area contributed by atoms with Crippen molar-refractivity contribution in [3.8, 4) is 0 Å². The van der Waals surface area contributed by atoms with E-state index in [4.69, 9.17) is 5.41 Å². The van der Waals surface area contributed by atoms with Gasteiger partial charge in [-0.25, -0.2) is 4.98 Å². The molecule has 1 aliphatic carbocycles. The number of amides is 1. The van der Waals surface area contributed by atoms with E-state index < -0.39 is 0 Å². The van der Waals surface area contributed by atoms with Crippen molar-refractivity contribution in [2.45, 2.75) is 45.6 Å². The molecule has 1 aromatic heterocycles. The minimum atomic E-state index is 0.0466. The highest BCUT2D eigenvalue weighted by Gasteiger charge is 2.27. The Kier molecular flexibility index (Phi) is 7.88. The molecule has 1 fully saturated rings. The zero-order chi connectivity index (χ0) is 20.7. The van der Waals surface area contributed by atoms with Crippen LogP contribution in [0.4, 0.5) is 5.82 Å². The first kappa shape index (κ1) is 21.8. The van der Waals surface area contributed by atoms with Gasteiger partial charge in [0.1, 0.15) is 5.82 Å². The lowest BCUT2D eigenvalue weighted by Gasteiger charge is -2.31. The van der Waals surface area contributed by atoms with Crippen molar-refractivity contribution in [3.63, 3.8) is 0 Å². The third kappa shape index (κ3) is 5.49. The number of hydrogen-bond acceptors (Lipinski definition) is 4. The molecular weight excluding hydrogens is 348 g/mol. The third-order valence-corrected chi connectivity index (χ3v) is 5.50. The summed E-state index contributed by atoms with van der Waals surface area (Å²) in [5, 5.41) is 12.4. The molecule has 150 valence electrons. The largest absolute Gasteiger partial charge is 0.310 e. The van der Waals surface area contributed by atoms with Crippen LogP contribution in [0.15, 0.2) is 36.1 Å². The molecule has 0 radical (unpaired) electrons. The van der Waals surface area contributed by atoms with Gasteiger partial charge in [-0.15, -0.1) is 0 Å². The fourth-order valence-electron chi connectivity index (χ4n) is 3.63. The normalized spacial score (nSPS) is 21.7. The molecule has 1 aliphatic rings. The van der Waals surface area contributed by atoms with Crippen molar-refractivity contribution in [3.05, 3.63) is 46.5 Å². The lowest BCUT2D eigenvalue weighted by molar-refractivity contribution is -0.121. The standard InChI is InChI=1S/C23H32N4O/c1-6-17(14-24)16(3)12-20-13-22(25-15-18(20)7-2)26-23(28)19-8-10-21(11-9-19)27(4)5/h6-7,12-15,19,21,24H,3,8-11H2,1-2,4-5H3,(H,26,28)/b17-6+,18-7-,20-12-,24-14?. The highest BCUT2D eigenvalue weighted by molar-refractivity contribution is 5.92. The van der Waals surface area contributed by atoms with E-state index in [0.29, 0.717) is 11.9 Å². The van der Waals surface area contributed by atoms with Gasteiger partial charge in [0.2, 0.25) is 5.91 Å². The Morgan fingerprint density at radius 2 is 1.93 bits per heavy atom. The van der Waals surface area contributed by atoms with Gasteiger partial charge in [0.05, 0.1) is 0 Å². The topological polar surface area (TPSA) is 69.1 Å². The number of carbonyl (C=O) groups is 1. The second-order valence-electron chi connectivity index (χ2n) is 7.50. The van der Waals surface area contributed by atoms with Crippen LogP contribution in [0.25, 0.3) is 12.2 Å². The molecule has 1 amide bonds. The first-order chi connectivity index (χ1) is 13.4.